The molecule has 4 aromatic rings. The number of nitrogens with zero attached hydrogens (tertiary/aromatic N) is 4. The molecule has 0 atom stereocenters. The van der Waals surface area contributed by atoms with E-state index in [1.54, 1.807) is 24.8 Å². The summed E-state index contributed by atoms with van der Waals surface area (Å²) in [6, 6.07) is 11.0. The molecule has 1 aliphatic rings. The Labute approximate surface area is 154 Å². The fourth-order valence-electron chi connectivity index (χ4n) is 3.68. The minimum absolute atomic E-state index is 0.297. The molecule has 7 heteroatoms. The number of nitrogens with one attached hydrogen (secondary N) is 2. The van der Waals surface area contributed by atoms with Gasteiger partial charge in [0.25, 0.3) is 0 Å². The maximum absolute atomic E-state index is 14.4. The fraction of sp³-hybridized carbons (Fsp3) is 0.200. The predicted octanol–water partition coefficient (Wildman–Crippen LogP) is 4.05. The lowest BCUT2D eigenvalue weighted by Gasteiger charge is -2.42. The zero-order chi connectivity index (χ0) is 18.3. The minimum Gasteiger partial charge on any atom is -0.357 e. The van der Waals surface area contributed by atoms with E-state index < -0.39 is 5.54 Å². The summed E-state index contributed by atoms with van der Waals surface area (Å²) in [7, 11) is 0. The minimum atomic E-state index is -0.547. The van der Waals surface area contributed by atoms with Gasteiger partial charge in [-0.3, -0.25) is 4.98 Å². The molecule has 0 saturated heterocycles. The smallest absolute Gasteiger partial charge is 0.157 e. The number of hydrogen-bond donors (Lipinski definition) is 2. The van der Waals surface area contributed by atoms with Crippen molar-refractivity contribution in [2.24, 2.45) is 0 Å². The number of anilines is 1. The molecule has 6 nitrogen and oxygen atoms in total. The van der Waals surface area contributed by atoms with Crippen LogP contribution >= 0.6 is 0 Å². The number of fused-ring (bicyclic) bond motifs is 1. The Morgan fingerprint density at radius 3 is 2.81 bits per heavy atom. The molecule has 0 spiro atoms. The Bertz CT molecular complexity index is 1120. The van der Waals surface area contributed by atoms with Gasteiger partial charge in [0.2, 0.25) is 0 Å². The van der Waals surface area contributed by atoms with Crippen LogP contribution in [0.4, 0.5) is 10.2 Å². The average Bonchev–Trinajstić information content (AvgIpc) is 3.13. The molecular weight excluding hydrogens is 343 g/mol. The summed E-state index contributed by atoms with van der Waals surface area (Å²) in [4.78, 5) is 11.7. The summed E-state index contributed by atoms with van der Waals surface area (Å²) in [5.74, 6) is 0.329. The molecule has 5 rings (SSSR count). The van der Waals surface area contributed by atoms with Crippen molar-refractivity contribution in [2.45, 2.75) is 24.8 Å². The number of halogens is 1. The monoisotopic (exact) mass is 360 g/mol. The molecule has 0 radical (unpaired) electrons. The third kappa shape index (κ3) is 2.63. The number of aromatic nitrogens is 5. The first-order valence-corrected chi connectivity index (χ1v) is 8.90. The van der Waals surface area contributed by atoms with Gasteiger partial charge in [0.1, 0.15) is 11.5 Å². The highest BCUT2D eigenvalue weighted by molar-refractivity contribution is 5.84. The third-order valence-electron chi connectivity index (χ3n) is 5.23. The first-order valence-electron chi connectivity index (χ1n) is 8.90. The SMILES string of the molecule is Fc1cccnc1C1(Nc2nnccc2-c2ccc3nc[nH]c3c2)CCC1. The molecule has 0 bridgehead atoms. The van der Waals surface area contributed by atoms with Crippen molar-refractivity contribution in [3.63, 3.8) is 0 Å². The Morgan fingerprint density at radius 2 is 2.00 bits per heavy atom. The molecule has 1 aliphatic carbocycles. The number of rotatable bonds is 4. The second-order valence-electron chi connectivity index (χ2n) is 6.82. The molecule has 1 saturated carbocycles. The van der Waals surface area contributed by atoms with Gasteiger partial charge in [-0.05, 0) is 55.2 Å². The first kappa shape index (κ1) is 15.9. The van der Waals surface area contributed by atoms with Crippen molar-refractivity contribution in [1.82, 2.24) is 25.1 Å². The molecule has 3 heterocycles. The Kier molecular flexibility index (Phi) is 3.60. The molecule has 3 aromatic heterocycles. The van der Waals surface area contributed by atoms with Crippen LogP contribution in [-0.2, 0) is 5.54 Å². The summed E-state index contributed by atoms with van der Waals surface area (Å²) in [6.07, 6.45) is 7.58. The molecule has 1 fully saturated rings. The van der Waals surface area contributed by atoms with Crippen LogP contribution < -0.4 is 5.32 Å². The van der Waals surface area contributed by atoms with E-state index in [0.717, 1.165) is 41.4 Å². The molecular formula is C20H17FN6. The van der Waals surface area contributed by atoms with Crippen LogP contribution in [0.2, 0.25) is 0 Å². The maximum Gasteiger partial charge on any atom is 0.157 e. The lowest BCUT2D eigenvalue weighted by Crippen LogP contribution is -2.44. The Balaban J connectivity index is 1.57. The van der Waals surface area contributed by atoms with Gasteiger partial charge < -0.3 is 10.3 Å². The van der Waals surface area contributed by atoms with Crippen molar-refractivity contribution < 1.29 is 4.39 Å². The van der Waals surface area contributed by atoms with Crippen molar-refractivity contribution in [3.8, 4) is 11.1 Å². The van der Waals surface area contributed by atoms with E-state index in [2.05, 4.69) is 30.5 Å². The van der Waals surface area contributed by atoms with Gasteiger partial charge in [0.15, 0.2) is 5.82 Å². The van der Waals surface area contributed by atoms with E-state index in [0.29, 0.717) is 11.5 Å². The molecule has 0 unspecified atom stereocenters. The van der Waals surface area contributed by atoms with E-state index in [4.69, 9.17) is 0 Å². The van der Waals surface area contributed by atoms with Crippen molar-refractivity contribution in [1.29, 1.82) is 0 Å². The zero-order valence-electron chi connectivity index (χ0n) is 14.5. The molecule has 1 aromatic carbocycles. The fourth-order valence-corrected chi connectivity index (χ4v) is 3.68. The van der Waals surface area contributed by atoms with E-state index in [1.807, 2.05) is 24.3 Å². The van der Waals surface area contributed by atoms with E-state index in [9.17, 15) is 4.39 Å². The van der Waals surface area contributed by atoms with Gasteiger partial charge in [-0.1, -0.05) is 6.07 Å². The van der Waals surface area contributed by atoms with Crippen LogP contribution in [0.1, 0.15) is 25.0 Å². The number of benzene rings is 1. The zero-order valence-corrected chi connectivity index (χ0v) is 14.5. The molecule has 2 N–H and O–H groups in total. The molecule has 134 valence electrons. The second kappa shape index (κ2) is 6.12. The number of hydrogen-bond acceptors (Lipinski definition) is 5. The van der Waals surface area contributed by atoms with Crippen LogP contribution in [0, 0.1) is 5.82 Å². The summed E-state index contributed by atoms with van der Waals surface area (Å²) >= 11 is 0. The highest BCUT2D eigenvalue weighted by Crippen LogP contribution is 2.45. The molecule has 27 heavy (non-hydrogen) atoms. The normalized spacial score (nSPS) is 15.4. The quantitative estimate of drug-likeness (QED) is 0.574. The average molecular weight is 360 g/mol. The van der Waals surface area contributed by atoms with Crippen LogP contribution in [0.3, 0.4) is 0 Å². The number of H-pyrrole nitrogens is 1. The highest BCUT2D eigenvalue weighted by Gasteiger charge is 2.42. The van der Waals surface area contributed by atoms with Crippen LogP contribution in [-0.4, -0.2) is 25.1 Å². The summed E-state index contributed by atoms with van der Waals surface area (Å²) in [5.41, 5.74) is 3.64. The second-order valence-corrected chi connectivity index (χ2v) is 6.82. The third-order valence-corrected chi connectivity index (χ3v) is 5.23. The number of imidazole rings is 1. The molecule has 0 aliphatic heterocycles. The van der Waals surface area contributed by atoms with Gasteiger partial charge in [-0.25, -0.2) is 9.37 Å². The highest BCUT2D eigenvalue weighted by atomic mass is 19.1. The van der Waals surface area contributed by atoms with Gasteiger partial charge >= 0.3 is 0 Å². The van der Waals surface area contributed by atoms with Gasteiger partial charge in [0, 0.05) is 11.8 Å². The molecule has 0 amide bonds. The largest absolute Gasteiger partial charge is 0.357 e. The van der Waals surface area contributed by atoms with Crippen LogP contribution in [0.25, 0.3) is 22.2 Å². The number of aromatic amines is 1. The summed E-state index contributed by atoms with van der Waals surface area (Å²) < 4.78 is 14.4. The van der Waals surface area contributed by atoms with E-state index in [1.165, 1.54) is 6.07 Å². The first-order chi connectivity index (χ1) is 13.3. The number of pyridine rings is 1. The summed E-state index contributed by atoms with van der Waals surface area (Å²) in [6.45, 7) is 0. The van der Waals surface area contributed by atoms with Crippen molar-refractivity contribution >= 4 is 16.9 Å². The maximum atomic E-state index is 14.4. The lowest BCUT2D eigenvalue weighted by atomic mass is 9.73. The van der Waals surface area contributed by atoms with Crippen molar-refractivity contribution in [3.05, 3.63) is 66.6 Å². The van der Waals surface area contributed by atoms with Gasteiger partial charge in [-0.2, -0.15) is 5.10 Å². The Hall–Kier alpha value is -3.35. The summed E-state index contributed by atoms with van der Waals surface area (Å²) in [5, 5.41) is 11.8. The lowest BCUT2D eigenvalue weighted by molar-refractivity contribution is 0.265. The van der Waals surface area contributed by atoms with E-state index in [-0.39, 0.29) is 5.82 Å². The van der Waals surface area contributed by atoms with E-state index >= 15 is 0 Å². The van der Waals surface area contributed by atoms with Crippen LogP contribution in [0.5, 0.6) is 0 Å². The standard InChI is InChI=1S/C20H17FN6/c21-15-3-1-9-22-18(15)20(7-2-8-20)26-19-14(6-10-25-27-19)13-4-5-16-17(11-13)24-12-23-16/h1,3-6,9-12H,2,7-8H2,(H,23,24)(H,26,27). The van der Waals surface area contributed by atoms with Crippen molar-refractivity contribution in [2.75, 3.05) is 5.32 Å². The van der Waals surface area contributed by atoms with Crippen LogP contribution in [0.15, 0.2) is 55.1 Å². The van der Waals surface area contributed by atoms with Gasteiger partial charge in [-0.15, -0.1) is 5.10 Å². The topological polar surface area (TPSA) is 79.4 Å². The van der Waals surface area contributed by atoms with Gasteiger partial charge in [0.05, 0.1) is 29.1 Å². The Morgan fingerprint density at radius 1 is 1.07 bits per heavy atom. The predicted molar refractivity (Wildman–Crippen MR) is 100 cm³/mol.